The van der Waals surface area contributed by atoms with E-state index in [-0.39, 0.29) is 11.9 Å². The van der Waals surface area contributed by atoms with Crippen molar-refractivity contribution in [3.05, 3.63) is 34.3 Å². The molecule has 0 saturated heterocycles. The minimum atomic E-state index is -0.346. The van der Waals surface area contributed by atoms with Crippen molar-refractivity contribution in [2.75, 3.05) is 10.6 Å². The first kappa shape index (κ1) is 15.4. The number of carbonyl (C=O) groups excluding carboxylic acids is 1. The highest BCUT2D eigenvalue weighted by Crippen LogP contribution is 2.17. The first-order valence-electron chi connectivity index (χ1n) is 6.96. The zero-order valence-corrected chi connectivity index (χ0v) is 13.5. The molecule has 0 aliphatic heterocycles. The number of nitrogens with zero attached hydrogens (tertiary/aromatic N) is 2. The smallest absolute Gasteiger partial charge is 0.248 e. The third kappa shape index (κ3) is 4.01. The van der Waals surface area contributed by atoms with Crippen LogP contribution in [0.5, 0.6) is 0 Å². The summed E-state index contributed by atoms with van der Waals surface area (Å²) in [5.74, 6) is -0.118. The first-order chi connectivity index (χ1) is 9.99. The van der Waals surface area contributed by atoms with Gasteiger partial charge in [0.1, 0.15) is 11.0 Å². The fraction of sp³-hybridized carbons (Fsp3) is 0.400. The van der Waals surface area contributed by atoms with Gasteiger partial charge >= 0.3 is 0 Å². The summed E-state index contributed by atoms with van der Waals surface area (Å²) in [6, 6.07) is 5.72. The quantitative estimate of drug-likeness (QED) is 0.890. The Bertz CT molecular complexity index is 638. The van der Waals surface area contributed by atoms with Gasteiger partial charge in [0.05, 0.1) is 0 Å². The van der Waals surface area contributed by atoms with E-state index in [2.05, 4.69) is 34.7 Å². The van der Waals surface area contributed by atoms with Gasteiger partial charge in [-0.15, -0.1) is 10.2 Å². The number of amides is 1. The van der Waals surface area contributed by atoms with E-state index >= 15 is 0 Å². The van der Waals surface area contributed by atoms with Crippen LogP contribution in [0.15, 0.2) is 18.2 Å². The lowest BCUT2D eigenvalue weighted by atomic mass is 10.1. The molecule has 0 fully saturated rings. The molecule has 0 bridgehead atoms. The van der Waals surface area contributed by atoms with Gasteiger partial charge in [0.25, 0.3) is 0 Å². The van der Waals surface area contributed by atoms with Gasteiger partial charge in [0.2, 0.25) is 11.0 Å². The molecule has 6 heteroatoms. The van der Waals surface area contributed by atoms with E-state index in [4.69, 9.17) is 0 Å². The largest absolute Gasteiger partial charge is 0.374 e. The fourth-order valence-electron chi connectivity index (χ4n) is 1.81. The minimum absolute atomic E-state index is 0.118. The number of benzene rings is 1. The SMILES string of the molecule is CCc1nnc(NC(=O)[C@@H](C)Nc2ccc(C)c(C)c2)s1. The van der Waals surface area contributed by atoms with Crippen molar-refractivity contribution in [2.45, 2.75) is 40.2 Å². The molecule has 0 aliphatic rings. The average Bonchev–Trinajstić information content (AvgIpc) is 2.90. The van der Waals surface area contributed by atoms with E-state index in [0.29, 0.717) is 5.13 Å². The van der Waals surface area contributed by atoms with Crippen molar-refractivity contribution in [1.82, 2.24) is 10.2 Å². The Hall–Kier alpha value is -1.95. The summed E-state index contributed by atoms with van der Waals surface area (Å²) in [5, 5.41) is 15.4. The molecule has 1 heterocycles. The number of aryl methyl sites for hydroxylation is 3. The van der Waals surface area contributed by atoms with Crippen LogP contribution in [0.4, 0.5) is 10.8 Å². The van der Waals surface area contributed by atoms with Gasteiger partial charge in [0, 0.05) is 5.69 Å². The molecule has 2 N–H and O–H groups in total. The lowest BCUT2D eigenvalue weighted by molar-refractivity contribution is -0.116. The lowest BCUT2D eigenvalue weighted by Gasteiger charge is -2.15. The fourth-order valence-corrected chi connectivity index (χ4v) is 2.49. The molecule has 1 atom stereocenters. The summed E-state index contributed by atoms with van der Waals surface area (Å²) >= 11 is 1.41. The Labute approximate surface area is 128 Å². The van der Waals surface area contributed by atoms with Crippen LogP contribution in [-0.2, 0) is 11.2 Å². The number of aromatic nitrogens is 2. The third-order valence-electron chi connectivity index (χ3n) is 3.28. The normalized spacial score (nSPS) is 12.0. The van der Waals surface area contributed by atoms with Crippen molar-refractivity contribution in [3.63, 3.8) is 0 Å². The number of nitrogens with one attached hydrogen (secondary N) is 2. The zero-order valence-electron chi connectivity index (χ0n) is 12.7. The standard InChI is InChI=1S/C15H20N4OS/c1-5-13-18-19-15(21-13)17-14(20)11(4)16-12-7-6-9(2)10(3)8-12/h6-8,11,16H,5H2,1-4H3,(H,17,19,20)/t11-/m1/s1. The maximum atomic E-state index is 12.1. The highest BCUT2D eigenvalue weighted by molar-refractivity contribution is 7.15. The van der Waals surface area contributed by atoms with Crippen LogP contribution in [0, 0.1) is 13.8 Å². The van der Waals surface area contributed by atoms with E-state index in [9.17, 15) is 4.79 Å². The molecule has 112 valence electrons. The monoisotopic (exact) mass is 304 g/mol. The summed E-state index contributed by atoms with van der Waals surface area (Å²) in [6.45, 7) is 7.96. The second kappa shape index (κ2) is 6.67. The molecule has 21 heavy (non-hydrogen) atoms. The minimum Gasteiger partial charge on any atom is -0.374 e. The summed E-state index contributed by atoms with van der Waals surface area (Å²) < 4.78 is 0. The molecule has 0 unspecified atom stereocenters. The molecule has 0 saturated carbocycles. The summed E-state index contributed by atoms with van der Waals surface area (Å²) in [4.78, 5) is 12.1. The van der Waals surface area contributed by atoms with E-state index in [1.807, 2.05) is 32.0 Å². The molecule has 1 aromatic heterocycles. The maximum absolute atomic E-state index is 12.1. The number of hydrogen-bond acceptors (Lipinski definition) is 5. The molecule has 5 nitrogen and oxygen atoms in total. The van der Waals surface area contributed by atoms with Crippen molar-refractivity contribution >= 4 is 28.1 Å². The van der Waals surface area contributed by atoms with Crippen molar-refractivity contribution in [2.24, 2.45) is 0 Å². The molecular weight excluding hydrogens is 284 g/mol. The van der Waals surface area contributed by atoms with E-state index < -0.39 is 0 Å². The van der Waals surface area contributed by atoms with E-state index in [1.165, 1.54) is 22.5 Å². The van der Waals surface area contributed by atoms with Crippen LogP contribution in [0.25, 0.3) is 0 Å². The maximum Gasteiger partial charge on any atom is 0.248 e. The van der Waals surface area contributed by atoms with Crippen LogP contribution in [-0.4, -0.2) is 22.1 Å². The Morgan fingerprint density at radius 2 is 2.05 bits per heavy atom. The Kier molecular flexibility index (Phi) is 4.90. The summed E-state index contributed by atoms with van der Waals surface area (Å²) in [5.41, 5.74) is 3.37. The zero-order chi connectivity index (χ0) is 15.4. The van der Waals surface area contributed by atoms with Gasteiger partial charge in [0.15, 0.2) is 0 Å². The summed E-state index contributed by atoms with van der Waals surface area (Å²) in [6.07, 6.45) is 0.823. The van der Waals surface area contributed by atoms with Gasteiger partial charge in [-0.05, 0) is 50.5 Å². The number of anilines is 2. The van der Waals surface area contributed by atoms with Crippen LogP contribution in [0.1, 0.15) is 30.0 Å². The van der Waals surface area contributed by atoms with Crippen molar-refractivity contribution < 1.29 is 4.79 Å². The molecular formula is C15H20N4OS. The average molecular weight is 304 g/mol. The van der Waals surface area contributed by atoms with Gasteiger partial charge in [-0.3, -0.25) is 10.1 Å². The Morgan fingerprint density at radius 1 is 1.29 bits per heavy atom. The van der Waals surface area contributed by atoms with Gasteiger partial charge in [-0.1, -0.05) is 24.3 Å². The third-order valence-corrected chi connectivity index (χ3v) is 4.27. The topological polar surface area (TPSA) is 66.9 Å². The van der Waals surface area contributed by atoms with Crippen molar-refractivity contribution in [1.29, 1.82) is 0 Å². The van der Waals surface area contributed by atoms with Crippen LogP contribution >= 0.6 is 11.3 Å². The van der Waals surface area contributed by atoms with E-state index in [1.54, 1.807) is 0 Å². The number of rotatable bonds is 5. The predicted molar refractivity (Wildman–Crippen MR) is 86.9 cm³/mol. The van der Waals surface area contributed by atoms with Crippen molar-refractivity contribution in [3.8, 4) is 0 Å². The van der Waals surface area contributed by atoms with Crippen LogP contribution in [0.3, 0.4) is 0 Å². The van der Waals surface area contributed by atoms with Crippen LogP contribution in [0.2, 0.25) is 0 Å². The first-order valence-corrected chi connectivity index (χ1v) is 7.78. The predicted octanol–water partition coefficient (Wildman–Crippen LogP) is 3.16. The molecule has 0 radical (unpaired) electrons. The molecule has 2 aromatic rings. The second-order valence-electron chi connectivity index (χ2n) is 5.01. The molecule has 0 aliphatic carbocycles. The Morgan fingerprint density at radius 3 is 2.67 bits per heavy atom. The number of carbonyl (C=O) groups is 1. The van der Waals surface area contributed by atoms with Crippen LogP contribution < -0.4 is 10.6 Å². The second-order valence-corrected chi connectivity index (χ2v) is 6.07. The highest BCUT2D eigenvalue weighted by atomic mass is 32.1. The molecule has 2 rings (SSSR count). The highest BCUT2D eigenvalue weighted by Gasteiger charge is 2.15. The van der Waals surface area contributed by atoms with Gasteiger partial charge < -0.3 is 5.32 Å². The molecule has 1 aromatic carbocycles. The summed E-state index contributed by atoms with van der Waals surface area (Å²) in [7, 11) is 0. The lowest BCUT2D eigenvalue weighted by Crippen LogP contribution is -2.31. The number of hydrogen-bond donors (Lipinski definition) is 2. The van der Waals surface area contributed by atoms with Gasteiger partial charge in [-0.2, -0.15) is 0 Å². The molecule has 0 spiro atoms. The Balaban J connectivity index is 1.97. The van der Waals surface area contributed by atoms with Gasteiger partial charge in [-0.25, -0.2) is 0 Å². The van der Waals surface area contributed by atoms with E-state index in [0.717, 1.165) is 17.1 Å². The molecule has 1 amide bonds.